The number of phosphoric acid groups is 2. The summed E-state index contributed by atoms with van der Waals surface area (Å²) in [6.45, 7) is 3.70. The molecule has 17 nitrogen and oxygen atoms in total. The fourth-order valence-electron chi connectivity index (χ4n) is 7.20. The second-order valence-corrected chi connectivity index (χ2v) is 19.5. The van der Waals surface area contributed by atoms with E-state index < -0.39 is 46.4 Å². The van der Waals surface area contributed by atoms with E-state index in [2.05, 4.69) is 27.7 Å². The maximum absolute atomic E-state index is 12.1. The minimum absolute atomic E-state index is 0.0574. The summed E-state index contributed by atoms with van der Waals surface area (Å²) < 4.78 is 47.2. The fourth-order valence-corrected chi connectivity index (χ4v) is 8.81. The minimum atomic E-state index is -5.16. The average molecular weight is 940 g/mol. The van der Waals surface area contributed by atoms with Crippen molar-refractivity contribution in [1.29, 1.82) is 0 Å². The zero-order chi connectivity index (χ0) is 46.6. The zero-order valence-electron chi connectivity index (χ0n) is 38.5. The molecule has 1 aliphatic rings. The number of aromatic nitrogens is 2. The topological polar surface area (TPSA) is 256 Å². The summed E-state index contributed by atoms with van der Waals surface area (Å²) in [5.74, 6) is -0.510. The maximum atomic E-state index is 12.1. The zero-order valence-corrected chi connectivity index (χ0v) is 40.2. The Kier molecular flexibility index (Phi) is 34.5. The van der Waals surface area contributed by atoms with E-state index >= 15 is 0 Å². The van der Waals surface area contributed by atoms with Crippen LogP contribution in [0.25, 0.3) is 0 Å². The Balaban J connectivity index is 0.000000723. The summed E-state index contributed by atoms with van der Waals surface area (Å²) in [7, 11) is -10.1. The van der Waals surface area contributed by atoms with Gasteiger partial charge in [0.1, 0.15) is 18.7 Å². The lowest BCUT2D eigenvalue weighted by Gasteiger charge is -2.17. The summed E-state index contributed by atoms with van der Waals surface area (Å²) in [5, 5.41) is 9.50. The molecular formula is C44H83N3O14P2. The molecule has 368 valence electrons. The van der Waals surface area contributed by atoms with Gasteiger partial charge < -0.3 is 39.7 Å². The van der Waals surface area contributed by atoms with Crippen LogP contribution in [-0.4, -0.2) is 73.3 Å². The molecule has 0 spiro atoms. The SMILES string of the molecule is CCCCCCCCCCCCCCCC(=O)OCC(CO)OC(=O)CCCCCCCCCCCCCCC.Nc1ccn([C@H]2CC[C@@H](COP(=O)(O)OP(=O)(O)O)O2)c(=O)n1. The molecule has 0 aliphatic carbocycles. The Morgan fingerprint density at radius 1 is 0.746 bits per heavy atom. The van der Waals surface area contributed by atoms with Gasteiger partial charge >= 0.3 is 33.3 Å². The maximum Gasteiger partial charge on any atom is 0.481 e. The number of aliphatic hydroxyl groups is 1. The second kappa shape index (κ2) is 37.0. The lowest BCUT2D eigenvalue weighted by molar-refractivity contribution is -0.161. The van der Waals surface area contributed by atoms with Gasteiger partial charge in [0.2, 0.25) is 0 Å². The second-order valence-electron chi connectivity index (χ2n) is 16.6. The summed E-state index contributed by atoms with van der Waals surface area (Å²) in [6.07, 6.45) is 33.8. The number of rotatable bonds is 38. The monoisotopic (exact) mass is 940 g/mol. The van der Waals surface area contributed by atoms with Crippen LogP contribution in [-0.2, 0) is 41.8 Å². The third-order valence-electron chi connectivity index (χ3n) is 10.8. The average Bonchev–Trinajstić information content (AvgIpc) is 3.70. The van der Waals surface area contributed by atoms with Crippen molar-refractivity contribution in [2.75, 3.05) is 25.6 Å². The first-order valence-corrected chi connectivity index (χ1v) is 26.9. The number of nitrogens with zero attached hydrogens (tertiary/aromatic N) is 2. The van der Waals surface area contributed by atoms with Crippen molar-refractivity contribution >= 4 is 33.4 Å². The highest BCUT2D eigenvalue weighted by molar-refractivity contribution is 7.60. The number of carbonyl (C=O) groups is 2. The Hall–Kier alpha value is -2.20. The van der Waals surface area contributed by atoms with Crippen LogP contribution in [0.5, 0.6) is 0 Å². The van der Waals surface area contributed by atoms with Crippen molar-refractivity contribution in [2.45, 2.75) is 225 Å². The van der Waals surface area contributed by atoms with E-state index in [0.29, 0.717) is 25.7 Å². The highest BCUT2D eigenvalue weighted by Gasteiger charge is 2.35. The van der Waals surface area contributed by atoms with Crippen molar-refractivity contribution in [2.24, 2.45) is 0 Å². The van der Waals surface area contributed by atoms with Crippen molar-refractivity contribution in [1.82, 2.24) is 9.55 Å². The fraction of sp³-hybridized carbons (Fsp3) is 0.864. The third-order valence-corrected chi connectivity index (χ3v) is 12.9. The Labute approximate surface area is 376 Å². The molecule has 2 heterocycles. The predicted octanol–water partition coefficient (Wildman–Crippen LogP) is 10.1. The van der Waals surface area contributed by atoms with Gasteiger partial charge in [0.05, 0.1) is 19.3 Å². The van der Waals surface area contributed by atoms with E-state index in [1.54, 1.807) is 0 Å². The number of nitrogen functional groups attached to an aromatic ring is 1. The molecular weight excluding hydrogens is 856 g/mol. The van der Waals surface area contributed by atoms with Crippen molar-refractivity contribution in [3.63, 3.8) is 0 Å². The van der Waals surface area contributed by atoms with Gasteiger partial charge in [0.15, 0.2) is 6.10 Å². The molecule has 6 N–H and O–H groups in total. The molecule has 2 rings (SSSR count). The van der Waals surface area contributed by atoms with Crippen LogP contribution in [0, 0.1) is 0 Å². The lowest BCUT2D eigenvalue weighted by atomic mass is 10.0. The molecule has 0 radical (unpaired) electrons. The van der Waals surface area contributed by atoms with Gasteiger partial charge in [-0.05, 0) is 31.7 Å². The number of hydrogen-bond acceptors (Lipinski definition) is 13. The van der Waals surface area contributed by atoms with Crippen molar-refractivity contribution < 1.29 is 61.6 Å². The number of anilines is 1. The largest absolute Gasteiger partial charge is 0.481 e. The molecule has 1 aliphatic heterocycles. The van der Waals surface area contributed by atoms with Crippen LogP contribution >= 0.6 is 15.6 Å². The molecule has 63 heavy (non-hydrogen) atoms. The van der Waals surface area contributed by atoms with Gasteiger partial charge in [0, 0.05) is 19.0 Å². The first-order valence-electron chi connectivity index (χ1n) is 23.9. The predicted molar refractivity (Wildman–Crippen MR) is 244 cm³/mol. The molecule has 1 saturated heterocycles. The van der Waals surface area contributed by atoms with Crippen LogP contribution in [0.15, 0.2) is 17.1 Å². The number of aliphatic hydroxyl groups excluding tert-OH is 1. The molecule has 4 atom stereocenters. The summed E-state index contributed by atoms with van der Waals surface area (Å²) in [4.78, 5) is 65.4. The number of phosphoric ester groups is 1. The van der Waals surface area contributed by atoms with E-state index in [4.69, 9.17) is 34.6 Å². The molecule has 1 aromatic heterocycles. The number of esters is 2. The Morgan fingerprint density at radius 2 is 1.19 bits per heavy atom. The van der Waals surface area contributed by atoms with Crippen LogP contribution in [0.2, 0.25) is 0 Å². The van der Waals surface area contributed by atoms with Gasteiger partial charge in [-0.3, -0.25) is 18.7 Å². The summed E-state index contributed by atoms with van der Waals surface area (Å²) >= 11 is 0. The van der Waals surface area contributed by atoms with Gasteiger partial charge in [-0.25, -0.2) is 13.9 Å². The molecule has 0 amide bonds. The van der Waals surface area contributed by atoms with Gasteiger partial charge in [-0.2, -0.15) is 9.29 Å². The van der Waals surface area contributed by atoms with Gasteiger partial charge in [0.25, 0.3) is 0 Å². The molecule has 19 heteroatoms. The van der Waals surface area contributed by atoms with Crippen LogP contribution in [0.1, 0.15) is 213 Å². The lowest BCUT2D eigenvalue weighted by Crippen LogP contribution is -2.28. The summed E-state index contributed by atoms with van der Waals surface area (Å²) in [5.41, 5.74) is 4.78. The summed E-state index contributed by atoms with van der Waals surface area (Å²) in [6, 6.07) is 1.42. The smallest absolute Gasteiger partial charge is 0.462 e. The molecule has 0 aromatic carbocycles. The quantitative estimate of drug-likeness (QED) is 0.0235. The Bertz CT molecular complexity index is 1480. The molecule has 2 unspecified atom stereocenters. The van der Waals surface area contributed by atoms with E-state index in [1.807, 2.05) is 0 Å². The van der Waals surface area contributed by atoms with Gasteiger partial charge in [-0.15, -0.1) is 0 Å². The number of ether oxygens (including phenoxy) is 3. The highest BCUT2D eigenvalue weighted by atomic mass is 31.3. The number of carbonyl (C=O) groups excluding carboxylic acids is 2. The van der Waals surface area contributed by atoms with Crippen LogP contribution < -0.4 is 11.4 Å². The standard InChI is InChI=1S/C35H68O5.C9H15N3O9P2/c1-3-5-7-9-11-13-15-17-19-21-23-25-27-29-34(37)39-32-33(31-36)40-35(38)30-28-26-24-22-20-18-16-14-12-10-8-6-4-2;10-7-3-4-12(9(13)11-7)8-2-1-6(20-8)5-19-23(17,18)21-22(14,15)16/h33,36H,3-32H2,1-2H3;3-4,6,8H,1-2,5H2,(H,17,18)(H2,10,11,13)(H2,14,15,16)/t;6-,8+/m.0/s1. The number of nitrogens with two attached hydrogens (primary N) is 1. The van der Waals surface area contributed by atoms with Crippen molar-refractivity contribution in [3.8, 4) is 0 Å². The Morgan fingerprint density at radius 3 is 1.62 bits per heavy atom. The van der Waals surface area contributed by atoms with E-state index in [-0.39, 0.29) is 31.0 Å². The molecule has 1 fully saturated rings. The number of unbranched alkanes of at least 4 members (excludes halogenated alkanes) is 24. The van der Waals surface area contributed by atoms with Gasteiger partial charge in [-0.1, -0.05) is 168 Å². The normalized spacial score (nSPS) is 16.5. The van der Waals surface area contributed by atoms with E-state index in [0.717, 1.165) is 32.1 Å². The first-order chi connectivity index (χ1) is 30.2. The van der Waals surface area contributed by atoms with E-state index in [1.165, 1.54) is 152 Å². The molecule has 1 aromatic rings. The van der Waals surface area contributed by atoms with Crippen LogP contribution in [0.4, 0.5) is 5.82 Å². The first kappa shape index (κ1) is 58.8. The number of hydrogen-bond donors (Lipinski definition) is 5. The highest BCUT2D eigenvalue weighted by Crippen LogP contribution is 2.57. The third kappa shape index (κ3) is 33.9. The molecule has 0 saturated carbocycles. The van der Waals surface area contributed by atoms with Crippen LogP contribution in [0.3, 0.4) is 0 Å². The minimum Gasteiger partial charge on any atom is -0.462 e. The van der Waals surface area contributed by atoms with E-state index in [9.17, 15) is 28.6 Å². The molecule has 0 bridgehead atoms. The van der Waals surface area contributed by atoms with Crippen molar-refractivity contribution in [3.05, 3.63) is 22.7 Å².